The molecule has 1 aromatic carbocycles. The van der Waals surface area contributed by atoms with Crippen LogP contribution in [0.1, 0.15) is 27.4 Å². The molecule has 128 valence electrons. The van der Waals surface area contributed by atoms with Crippen LogP contribution in [0.25, 0.3) is 11.4 Å². The second-order valence-electron chi connectivity index (χ2n) is 6.14. The molecule has 7 nitrogen and oxygen atoms in total. The van der Waals surface area contributed by atoms with Crippen molar-refractivity contribution in [3.63, 3.8) is 0 Å². The Labute approximate surface area is 145 Å². The molecular formula is C18H19N5O2. The van der Waals surface area contributed by atoms with Crippen LogP contribution in [0.3, 0.4) is 0 Å². The summed E-state index contributed by atoms with van der Waals surface area (Å²) < 4.78 is 5.26. The van der Waals surface area contributed by atoms with Crippen LogP contribution in [0.2, 0.25) is 0 Å². The second kappa shape index (κ2) is 6.08. The number of hydrogen-bond acceptors (Lipinski definition) is 4. The van der Waals surface area contributed by atoms with Crippen LogP contribution in [0.15, 0.2) is 30.5 Å². The quantitative estimate of drug-likeness (QED) is 0.768. The molecule has 2 N–H and O–H groups in total. The average molecular weight is 337 g/mol. The molecule has 0 spiro atoms. The molecule has 0 fully saturated rings. The van der Waals surface area contributed by atoms with Gasteiger partial charge < -0.3 is 14.6 Å². The number of nitrogens with one attached hydrogen (secondary N) is 2. The summed E-state index contributed by atoms with van der Waals surface area (Å²) >= 11 is 0. The highest BCUT2D eigenvalue weighted by Gasteiger charge is 2.26. The van der Waals surface area contributed by atoms with E-state index in [1.807, 2.05) is 36.1 Å². The Hall–Kier alpha value is -3.09. The predicted octanol–water partition coefficient (Wildman–Crippen LogP) is 2.32. The minimum Gasteiger partial charge on any atom is -0.497 e. The molecule has 0 bridgehead atoms. The van der Waals surface area contributed by atoms with E-state index >= 15 is 0 Å². The van der Waals surface area contributed by atoms with E-state index in [1.54, 1.807) is 13.3 Å². The smallest absolute Gasteiger partial charge is 0.274 e. The van der Waals surface area contributed by atoms with E-state index < -0.39 is 0 Å². The maximum atomic E-state index is 12.9. The number of aromatic nitrogens is 4. The highest BCUT2D eigenvalue weighted by Crippen LogP contribution is 2.24. The van der Waals surface area contributed by atoms with Crippen LogP contribution in [-0.2, 0) is 13.0 Å². The number of carbonyl (C=O) groups excluding carboxylic acids is 1. The van der Waals surface area contributed by atoms with E-state index in [1.165, 1.54) is 0 Å². The lowest BCUT2D eigenvalue weighted by Gasteiger charge is -2.26. The van der Waals surface area contributed by atoms with E-state index in [4.69, 9.17) is 4.74 Å². The highest BCUT2D eigenvalue weighted by molar-refractivity contribution is 5.94. The molecule has 1 aliphatic heterocycles. The topological polar surface area (TPSA) is 86.9 Å². The number of benzene rings is 1. The van der Waals surface area contributed by atoms with Gasteiger partial charge in [0, 0.05) is 42.0 Å². The molecule has 0 atom stereocenters. The number of hydrogen-bond donors (Lipinski definition) is 2. The number of methoxy groups -OCH3 is 1. The third-order valence-corrected chi connectivity index (χ3v) is 4.52. The lowest BCUT2D eigenvalue weighted by Crippen LogP contribution is -2.36. The van der Waals surface area contributed by atoms with Crippen LogP contribution in [0, 0.1) is 6.92 Å². The summed E-state index contributed by atoms with van der Waals surface area (Å²) in [6.45, 7) is 3.09. The van der Waals surface area contributed by atoms with Crippen molar-refractivity contribution < 1.29 is 9.53 Å². The number of imidazole rings is 1. The number of H-pyrrole nitrogens is 2. The zero-order chi connectivity index (χ0) is 17.4. The Morgan fingerprint density at radius 3 is 3.08 bits per heavy atom. The largest absolute Gasteiger partial charge is 0.497 e. The fraction of sp³-hybridized carbons (Fsp3) is 0.278. The number of nitrogens with zero attached hydrogens (tertiary/aromatic N) is 3. The molecule has 0 saturated carbocycles. The van der Waals surface area contributed by atoms with Crippen LogP contribution in [0.5, 0.6) is 5.75 Å². The summed E-state index contributed by atoms with van der Waals surface area (Å²) in [6.07, 6.45) is 2.57. The van der Waals surface area contributed by atoms with Gasteiger partial charge in [-0.2, -0.15) is 5.10 Å². The first-order valence-electron chi connectivity index (χ1n) is 8.17. The van der Waals surface area contributed by atoms with Crippen molar-refractivity contribution in [1.29, 1.82) is 0 Å². The van der Waals surface area contributed by atoms with Crippen molar-refractivity contribution in [2.24, 2.45) is 0 Å². The SMILES string of the molecule is COc1cccc(-c2nc(C(=O)N3CCc4[nH]ncc4C3)c(C)[nH]2)c1. The molecule has 3 aromatic rings. The zero-order valence-electron chi connectivity index (χ0n) is 14.2. The van der Waals surface area contributed by atoms with E-state index in [0.29, 0.717) is 24.6 Å². The molecule has 0 unspecified atom stereocenters. The first-order valence-corrected chi connectivity index (χ1v) is 8.17. The fourth-order valence-electron chi connectivity index (χ4n) is 3.12. The van der Waals surface area contributed by atoms with E-state index in [9.17, 15) is 4.79 Å². The summed E-state index contributed by atoms with van der Waals surface area (Å²) in [4.78, 5) is 22.5. The Balaban J connectivity index is 1.61. The summed E-state index contributed by atoms with van der Waals surface area (Å²) in [5.41, 5.74) is 4.29. The third kappa shape index (κ3) is 2.77. The van der Waals surface area contributed by atoms with Crippen molar-refractivity contribution in [2.75, 3.05) is 13.7 Å². The van der Waals surface area contributed by atoms with Crippen molar-refractivity contribution in [2.45, 2.75) is 19.9 Å². The van der Waals surface area contributed by atoms with Gasteiger partial charge in [-0.25, -0.2) is 4.98 Å². The summed E-state index contributed by atoms with van der Waals surface area (Å²) in [5.74, 6) is 1.36. The second-order valence-corrected chi connectivity index (χ2v) is 6.14. The van der Waals surface area contributed by atoms with Gasteiger partial charge in [0.1, 0.15) is 17.3 Å². The molecule has 0 aliphatic carbocycles. The Kier molecular flexibility index (Phi) is 3.76. The molecule has 25 heavy (non-hydrogen) atoms. The van der Waals surface area contributed by atoms with Gasteiger partial charge in [-0.15, -0.1) is 0 Å². The van der Waals surface area contributed by atoms with Crippen LogP contribution >= 0.6 is 0 Å². The number of ether oxygens (including phenoxy) is 1. The normalized spacial score (nSPS) is 13.6. The number of fused-ring (bicyclic) bond motifs is 1. The van der Waals surface area contributed by atoms with Crippen molar-refractivity contribution in [1.82, 2.24) is 25.1 Å². The third-order valence-electron chi connectivity index (χ3n) is 4.52. The lowest BCUT2D eigenvalue weighted by molar-refractivity contribution is 0.0728. The molecule has 3 heterocycles. The van der Waals surface area contributed by atoms with Gasteiger partial charge in [-0.1, -0.05) is 12.1 Å². The first-order chi connectivity index (χ1) is 12.2. The number of aromatic amines is 2. The van der Waals surface area contributed by atoms with Gasteiger partial charge in [0.25, 0.3) is 5.91 Å². The van der Waals surface area contributed by atoms with Crippen LogP contribution < -0.4 is 4.74 Å². The van der Waals surface area contributed by atoms with Crippen LogP contribution in [-0.4, -0.2) is 44.6 Å². The average Bonchev–Trinajstić information content (AvgIpc) is 3.27. The molecule has 4 rings (SSSR count). The molecular weight excluding hydrogens is 318 g/mol. The van der Waals surface area contributed by atoms with E-state index in [2.05, 4.69) is 20.2 Å². The van der Waals surface area contributed by atoms with E-state index in [0.717, 1.165) is 34.7 Å². The minimum absolute atomic E-state index is 0.0604. The van der Waals surface area contributed by atoms with Gasteiger partial charge >= 0.3 is 0 Å². The van der Waals surface area contributed by atoms with Crippen molar-refractivity contribution in [3.05, 3.63) is 53.1 Å². The molecule has 0 radical (unpaired) electrons. The maximum absolute atomic E-state index is 12.9. The number of carbonyl (C=O) groups is 1. The van der Waals surface area contributed by atoms with Gasteiger partial charge in [-0.3, -0.25) is 9.89 Å². The first kappa shape index (κ1) is 15.4. The lowest BCUT2D eigenvalue weighted by atomic mass is 10.1. The van der Waals surface area contributed by atoms with Crippen molar-refractivity contribution >= 4 is 5.91 Å². The number of amides is 1. The standard InChI is InChI=1S/C18H19N5O2/c1-11-16(18(24)23-7-6-15-13(10-23)9-19-22-15)21-17(20-11)12-4-3-5-14(8-12)25-2/h3-5,8-9H,6-7,10H2,1-2H3,(H,19,22)(H,20,21). The number of rotatable bonds is 3. The molecule has 7 heteroatoms. The van der Waals surface area contributed by atoms with E-state index in [-0.39, 0.29) is 5.91 Å². The summed E-state index contributed by atoms with van der Waals surface area (Å²) in [5, 5.41) is 7.03. The van der Waals surface area contributed by atoms with Gasteiger partial charge in [0.15, 0.2) is 0 Å². The predicted molar refractivity (Wildman–Crippen MR) is 92.3 cm³/mol. The Morgan fingerprint density at radius 2 is 2.24 bits per heavy atom. The number of aryl methyl sites for hydroxylation is 1. The highest BCUT2D eigenvalue weighted by atomic mass is 16.5. The van der Waals surface area contributed by atoms with Gasteiger partial charge in [-0.05, 0) is 19.1 Å². The Morgan fingerprint density at radius 1 is 1.36 bits per heavy atom. The molecule has 0 saturated heterocycles. The molecule has 2 aromatic heterocycles. The summed E-state index contributed by atoms with van der Waals surface area (Å²) in [7, 11) is 1.63. The van der Waals surface area contributed by atoms with Gasteiger partial charge in [0.05, 0.1) is 13.3 Å². The molecule has 1 aliphatic rings. The zero-order valence-corrected chi connectivity index (χ0v) is 14.2. The van der Waals surface area contributed by atoms with Crippen LogP contribution in [0.4, 0.5) is 0 Å². The fourth-order valence-corrected chi connectivity index (χ4v) is 3.12. The molecule has 1 amide bonds. The minimum atomic E-state index is -0.0604. The Bertz CT molecular complexity index is 927. The maximum Gasteiger partial charge on any atom is 0.274 e. The van der Waals surface area contributed by atoms with Gasteiger partial charge in [0.2, 0.25) is 0 Å². The van der Waals surface area contributed by atoms with Crippen molar-refractivity contribution in [3.8, 4) is 17.1 Å². The monoisotopic (exact) mass is 337 g/mol. The summed E-state index contributed by atoms with van der Waals surface area (Å²) in [6, 6.07) is 7.61.